The summed E-state index contributed by atoms with van der Waals surface area (Å²) in [5.41, 5.74) is 4.43. The van der Waals surface area contributed by atoms with Crippen molar-refractivity contribution in [1.82, 2.24) is 24.8 Å². The van der Waals surface area contributed by atoms with E-state index >= 15 is 0 Å². The number of hydrogen-bond acceptors (Lipinski definition) is 10. The number of benzene rings is 3. The minimum absolute atomic E-state index is 0.387. The summed E-state index contributed by atoms with van der Waals surface area (Å²) in [5.74, 6) is 1.46. The lowest BCUT2D eigenvalue weighted by molar-refractivity contribution is -0.0440. The average Bonchev–Trinajstić information content (AvgIpc) is 3.65. The monoisotopic (exact) mass is 610 g/mol. The Morgan fingerprint density at radius 3 is 2.44 bits per heavy atom. The molecular formula is C33H34N6O6. The number of aliphatic hydroxyl groups excluding tert-OH is 2. The number of carbonyl (C=O) groups is 1. The van der Waals surface area contributed by atoms with Crippen LogP contribution in [-0.4, -0.2) is 81.3 Å². The van der Waals surface area contributed by atoms with Gasteiger partial charge in [-0.25, -0.2) is 15.0 Å². The molecule has 0 unspecified atom stereocenters. The zero-order valence-corrected chi connectivity index (χ0v) is 24.8. The summed E-state index contributed by atoms with van der Waals surface area (Å²) in [7, 11) is 3.20. The molecule has 12 heteroatoms. The maximum absolute atomic E-state index is 13.3. The van der Waals surface area contributed by atoms with Crippen LogP contribution in [0.3, 0.4) is 0 Å². The number of fused-ring (bicyclic) bond motifs is 1. The van der Waals surface area contributed by atoms with E-state index in [1.165, 1.54) is 12.7 Å². The van der Waals surface area contributed by atoms with E-state index in [0.29, 0.717) is 47.0 Å². The zero-order chi connectivity index (χ0) is 31.3. The smallest absolute Gasteiger partial charge is 0.251 e. The van der Waals surface area contributed by atoms with Crippen LogP contribution in [0.25, 0.3) is 22.3 Å². The van der Waals surface area contributed by atoms with Crippen molar-refractivity contribution in [2.45, 2.75) is 30.9 Å². The Hall–Kier alpha value is -5.04. The molecule has 232 valence electrons. The molecule has 6 rings (SSSR count). The largest absolute Gasteiger partial charge is 0.493 e. The molecule has 1 fully saturated rings. The van der Waals surface area contributed by atoms with E-state index in [9.17, 15) is 15.0 Å². The van der Waals surface area contributed by atoms with Gasteiger partial charge in [-0.15, -0.1) is 0 Å². The van der Waals surface area contributed by atoms with Crippen LogP contribution in [0.1, 0.15) is 22.1 Å². The van der Waals surface area contributed by atoms with Crippen LogP contribution in [0.15, 0.2) is 85.5 Å². The topological polar surface area (TPSA) is 153 Å². The van der Waals surface area contributed by atoms with Crippen molar-refractivity contribution in [2.24, 2.45) is 0 Å². The van der Waals surface area contributed by atoms with E-state index in [4.69, 9.17) is 14.2 Å². The van der Waals surface area contributed by atoms with Gasteiger partial charge in [0.1, 0.15) is 24.6 Å². The van der Waals surface area contributed by atoms with Gasteiger partial charge in [0.2, 0.25) is 0 Å². The van der Waals surface area contributed by atoms with Crippen molar-refractivity contribution in [3.63, 3.8) is 0 Å². The first-order chi connectivity index (χ1) is 22.0. The summed E-state index contributed by atoms with van der Waals surface area (Å²) >= 11 is 0. The second-order valence-corrected chi connectivity index (χ2v) is 10.6. The lowest BCUT2D eigenvalue weighted by Gasteiger charge is -2.23. The van der Waals surface area contributed by atoms with Gasteiger partial charge < -0.3 is 35.1 Å². The summed E-state index contributed by atoms with van der Waals surface area (Å²) in [6.45, 7) is 0.127. The fourth-order valence-electron chi connectivity index (χ4n) is 5.50. The van der Waals surface area contributed by atoms with Gasteiger partial charge in [-0.1, -0.05) is 48.5 Å². The minimum Gasteiger partial charge on any atom is -0.493 e. The van der Waals surface area contributed by atoms with Crippen LogP contribution in [-0.2, 0) is 11.2 Å². The van der Waals surface area contributed by atoms with E-state index in [0.717, 1.165) is 16.7 Å². The fourth-order valence-corrected chi connectivity index (χ4v) is 5.50. The van der Waals surface area contributed by atoms with Gasteiger partial charge in [-0.3, -0.25) is 9.36 Å². The molecule has 0 bridgehead atoms. The number of imidazole rings is 1. The molecule has 3 aromatic carbocycles. The maximum Gasteiger partial charge on any atom is 0.251 e. The summed E-state index contributed by atoms with van der Waals surface area (Å²) in [4.78, 5) is 26.6. The summed E-state index contributed by atoms with van der Waals surface area (Å²) in [6.07, 6.45) is 0.650. The maximum atomic E-state index is 13.3. The third-order valence-electron chi connectivity index (χ3n) is 7.89. The Labute approximate surface area is 259 Å². The molecule has 0 radical (unpaired) electrons. The van der Waals surface area contributed by atoms with Gasteiger partial charge in [0.15, 0.2) is 34.7 Å². The first-order valence-corrected chi connectivity index (χ1v) is 14.5. The molecule has 1 saturated heterocycles. The number of amides is 1. The van der Waals surface area contributed by atoms with Gasteiger partial charge in [0, 0.05) is 12.1 Å². The number of nitrogens with zero attached hydrogens (tertiary/aromatic N) is 4. The molecule has 0 aliphatic carbocycles. The highest BCUT2D eigenvalue weighted by molar-refractivity contribution is 5.95. The van der Waals surface area contributed by atoms with Crippen molar-refractivity contribution < 1.29 is 29.2 Å². The Bertz CT molecular complexity index is 1760. The Morgan fingerprint density at radius 1 is 0.956 bits per heavy atom. The van der Waals surface area contributed by atoms with Crippen LogP contribution >= 0.6 is 0 Å². The van der Waals surface area contributed by atoms with Gasteiger partial charge in [0.25, 0.3) is 5.91 Å². The first-order valence-electron chi connectivity index (χ1n) is 14.5. The van der Waals surface area contributed by atoms with Gasteiger partial charge >= 0.3 is 0 Å². The number of ether oxygens (including phenoxy) is 3. The highest BCUT2D eigenvalue weighted by Gasteiger charge is 2.46. The lowest BCUT2D eigenvalue weighted by Crippen LogP contribution is -2.46. The standard InChI is InChI=1S/C33H34N6O6/c1-43-24-13-8-20(16-25(24)44-2)14-15-34-30-28-31(36-18-35-30)39(19-37-28)33-27(29(41)26(17-40)45-33)38-32(42)23-11-9-22(10-12-23)21-6-4-3-5-7-21/h3-13,16,18-19,26-27,29,33,40-41H,14-15,17H2,1-2H3,(H,38,42)(H,34,35,36)/t26-,27-,29-,33-/m1/s1. The van der Waals surface area contributed by atoms with Gasteiger partial charge in [0.05, 0.1) is 27.2 Å². The molecule has 1 aliphatic rings. The Morgan fingerprint density at radius 2 is 1.71 bits per heavy atom. The number of methoxy groups -OCH3 is 2. The second-order valence-electron chi connectivity index (χ2n) is 10.6. The van der Waals surface area contributed by atoms with E-state index in [2.05, 4.69) is 25.6 Å². The molecule has 0 saturated carbocycles. The van der Waals surface area contributed by atoms with Crippen molar-refractivity contribution in [3.8, 4) is 22.6 Å². The number of aromatic nitrogens is 4. The summed E-state index contributed by atoms with van der Waals surface area (Å²) < 4.78 is 18.4. The number of anilines is 1. The molecule has 1 aliphatic heterocycles. The van der Waals surface area contributed by atoms with Crippen LogP contribution in [0.4, 0.5) is 5.82 Å². The van der Waals surface area contributed by atoms with E-state index < -0.39 is 31.1 Å². The summed E-state index contributed by atoms with van der Waals surface area (Å²) in [5, 5.41) is 27.2. The van der Waals surface area contributed by atoms with Gasteiger partial charge in [-0.2, -0.15) is 0 Å². The molecule has 3 heterocycles. The minimum atomic E-state index is -1.18. The molecule has 2 aromatic heterocycles. The molecule has 4 atom stereocenters. The first kappa shape index (κ1) is 30.0. The second kappa shape index (κ2) is 13.3. The fraction of sp³-hybridized carbons (Fsp3) is 0.273. The lowest BCUT2D eigenvalue weighted by atomic mass is 10.0. The normalized spacial score (nSPS) is 19.4. The van der Waals surface area contributed by atoms with Crippen LogP contribution in [0.2, 0.25) is 0 Å². The summed E-state index contributed by atoms with van der Waals surface area (Å²) in [6, 6.07) is 22.0. The molecule has 5 aromatic rings. The van der Waals surface area contributed by atoms with Crippen molar-refractivity contribution in [3.05, 3.63) is 96.6 Å². The predicted molar refractivity (Wildman–Crippen MR) is 167 cm³/mol. The van der Waals surface area contributed by atoms with E-state index in [-0.39, 0.29) is 5.91 Å². The SMILES string of the molecule is COc1ccc(CCNc2ncnc3c2ncn3[C@@H]2O[C@H](CO)[C@@H](O)[C@H]2NC(=O)c2ccc(-c3ccccc3)cc2)cc1OC. The number of nitrogens with one attached hydrogen (secondary N) is 2. The Balaban J connectivity index is 1.19. The van der Waals surface area contributed by atoms with Crippen LogP contribution < -0.4 is 20.1 Å². The highest BCUT2D eigenvalue weighted by Crippen LogP contribution is 2.33. The number of aliphatic hydroxyl groups is 2. The van der Waals surface area contributed by atoms with Crippen molar-refractivity contribution >= 4 is 22.9 Å². The number of carbonyl (C=O) groups excluding carboxylic acids is 1. The zero-order valence-electron chi connectivity index (χ0n) is 24.8. The molecule has 45 heavy (non-hydrogen) atoms. The van der Waals surface area contributed by atoms with E-state index in [1.807, 2.05) is 60.7 Å². The average molecular weight is 611 g/mol. The van der Waals surface area contributed by atoms with Crippen LogP contribution in [0.5, 0.6) is 11.5 Å². The molecule has 0 spiro atoms. The third kappa shape index (κ3) is 6.16. The highest BCUT2D eigenvalue weighted by atomic mass is 16.5. The van der Waals surface area contributed by atoms with Crippen molar-refractivity contribution in [1.29, 1.82) is 0 Å². The predicted octanol–water partition coefficient (Wildman–Crippen LogP) is 3.21. The Kier molecular flexibility index (Phi) is 8.87. The molecule has 4 N–H and O–H groups in total. The van der Waals surface area contributed by atoms with Crippen molar-refractivity contribution in [2.75, 3.05) is 32.7 Å². The quantitative estimate of drug-likeness (QED) is 0.175. The van der Waals surface area contributed by atoms with Crippen LogP contribution in [0, 0.1) is 0 Å². The molecule has 1 amide bonds. The molecule has 12 nitrogen and oxygen atoms in total. The van der Waals surface area contributed by atoms with E-state index in [1.54, 1.807) is 30.9 Å². The number of hydrogen-bond donors (Lipinski definition) is 4. The third-order valence-corrected chi connectivity index (χ3v) is 7.89. The molecular weight excluding hydrogens is 576 g/mol. The van der Waals surface area contributed by atoms with Gasteiger partial charge in [-0.05, 0) is 47.4 Å². The number of rotatable bonds is 11.